The molecule has 1 unspecified atom stereocenters. The summed E-state index contributed by atoms with van der Waals surface area (Å²) in [7, 11) is 1.99. The molecule has 0 aliphatic heterocycles. The Hall–Kier alpha value is -3.18. The van der Waals surface area contributed by atoms with E-state index in [2.05, 4.69) is 41.3 Å². The van der Waals surface area contributed by atoms with Gasteiger partial charge in [0.05, 0.1) is 6.61 Å². The number of nitrogens with zero attached hydrogens (tertiary/aromatic N) is 1. The number of hydrogen-bond acceptors (Lipinski definition) is 4. The molecular weight excluding hydrogens is 410 g/mol. The molecule has 0 heterocycles. The minimum atomic E-state index is -0.590. The van der Waals surface area contributed by atoms with E-state index in [4.69, 9.17) is 9.47 Å². The fourth-order valence-corrected chi connectivity index (χ4v) is 3.98. The molecule has 0 spiro atoms. The van der Waals surface area contributed by atoms with Crippen LogP contribution in [0.2, 0.25) is 0 Å². The Bertz CT molecular complexity index is 1070. The number of aliphatic hydroxyl groups excluding tert-OH is 1. The Morgan fingerprint density at radius 1 is 0.758 bits per heavy atom. The van der Waals surface area contributed by atoms with Crippen LogP contribution in [0.5, 0.6) is 5.75 Å². The predicted molar refractivity (Wildman–Crippen MR) is 134 cm³/mol. The molecule has 170 valence electrons. The van der Waals surface area contributed by atoms with Gasteiger partial charge < -0.3 is 19.5 Å². The van der Waals surface area contributed by atoms with Crippen LogP contribution in [-0.2, 0) is 4.74 Å². The highest BCUT2D eigenvalue weighted by Gasteiger charge is 2.15. The van der Waals surface area contributed by atoms with Gasteiger partial charge in [0.1, 0.15) is 24.6 Å². The third kappa shape index (κ3) is 6.42. The number of hydrogen-bond donors (Lipinski definition) is 1. The lowest BCUT2D eigenvalue weighted by Gasteiger charge is -2.23. The highest BCUT2D eigenvalue weighted by atomic mass is 16.5. The smallest absolute Gasteiger partial charge is 0.127 e. The van der Waals surface area contributed by atoms with Gasteiger partial charge in [-0.25, -0.2) is 0 Å². The van der Waals surface area contributed by atoms with Gasteiger partial charge in [-0.05, 0) is 29.6 Å². The van der Waals surface area contributed by atoms with Gasteiger partial charge in [-0.3, -0.25) is 0 Å². The zero-order chi connectivity index (χ0) is 22.9. The Labute approximate surface area is 196 Å². The number of benzene rings is 4. The molecule has 0 bridgehead atoms. The largest absolute Gasteiger partial charge is 0.490 e. The third-order valence-corrected chi connectivity index (χ3v) is 5.67. The molecule has 33 heavy (non-hydrogen) atoms. The zero-order valence-corrected chi connectivity index (χ0v) is 19.0. The summed E-state index contributed by atoms with van der Waals surface area (Å²) < 4.78 is 12.2. The Kier molecular flexibility index (Phi) is 8.09. The lowest BCUT2D eigenvalue weighted by molar-refractivity contribution is 0.0418. The molecule has 0 saturated carbocycles. The highest BCUT2D eigenvalue weighted by molar-refractivity contribution is 5.88. The summed E-state index contributed by atoms with van der Waals surface area (Å²) in [5.74, 6) is 0.798. The Morgan fingerprint density at radius 2 is 1.36 bits per heavy atom. The van der Waals surface area contributed by atoms with Gasteiger partial charge in [0, 0.05) is 18.5 Å². The van der Waals surface area contributed by atoms with Gasteiger partial charge >= 0.3 is 0 Å². The summed E-state index contributed by atoms with van der Waals surface area (Å²) >= 11 is 0. The summed E-state index contributed by atoms with van der Waals surface area (Å²) in [4.78, 5) is 2.07. The summed E-state index contributed by atoms with van der Waals surface area (Å²) in [6.07, 6.45) is -0.701. The quantitative estimate of drug-likeness (QED) is 0.342. The second-order valence-corrected chi connectivity index (χ2v) is 8.28. The van der Waals surface area contributed by atoms with Crippen molar-refractivity contribution in [3.8, 4) is 5.75 Å². The van der Waals surface area contributed by atoms with Crippen molar-refractivity contribution in [2.75, 3.05) is 33.4 Å². The molecule has 0 amide bonds. The first kappa shape index (κ1) is 23.0. The number of likely N-dealkylation sites (N-methyl/N-ethyl adjacent to an activating group) is 1. The van der Waals surface area contributed by atoms with Gasteiger partial charge in [0.2, 0.25) is 0 Å². The standard InChI is InChI=1S/C29H31NO3/c1-30(21-26(31)22-33-28-18-10-16-23-11-8-9-17-27(23)28)19-20-32-29(24-12-4-2-5-13-24)25-14-6-3-7-15-25/h2-18,26,29,31H,19-22H2,1H3. The van der Waals surface area contributed by atoms with Crippen LogP contribution in [0, 0.1) is 0 Å². The van der Waals surface area contributed by atoms with E-state index in [1.807, 2.05) is 73.8 Å². The average Bonchev–Trinajstić information content (AvgIpc) is 2.86. The molecule has 4 heteroatoms. The topological polar surface area (TPSA) is 41.9 Å². The molecule has 0 aliphatic carbocycles. The van der Waals surface area contributed by atoms with Gasteiger partial charge in [-0.15, -0.1) is 0 Å². The Balaban J connectivity index is 1.27. The van der Waals surface area contributed by atoms with E-state index in [9.17, 15) is 5.11 Å². The normalized spacial score (nSPS) is 12.4. The predicted octanol–water partition coefficient (Wildman–Crippen LogP) is 5.32. The fraction of sp³-hybridized carbons (Fsp3) is 0.241. The molecule has 1 N–H and O–H groups in total. The van der Waals surface area contributed by atoms with Crippen LogP contribution in [0.15, 0.2) is 103 Å². The van der Waals surface area contributed by atoms with Crippen LogP contribution in [0.1, 0.15) is 17.2 Å². The summed E-state index contributed by atoms with van der Waals surface area (Å²) in [6.45, 7) is 2.02. The van der Waals surface area contributed by atoms with Gasteiger partial charge in [-0.1, -0.05) is 97.1 Å². The van der Waals surface area contributed by atoms with E-state index in [1.54, 1.807) is 0 Å². The maximum atomic E-state index is 10.5. The van der Waals surface area contributed by atoms with E-state index in [0.29, 0.717) is 19.7 Å². The molecule has 4 aromatic rings. The van der Waals surface area contributed by atoms with Crippen molar-refractivity contribution in [2.45, 2.75) is 12.2 Å². The number of ether oxygens (including phenoxy) is 2. The average molecular weight is 442 g/mol. The zero-order valence-electron chi connectivity index (χ0n) is 19.0. The van der Waals surface area contributed by atoms with E-state index in [-0.39, 0.29) is 12.7 Å². The maximum Gasteiger partial charge on any atom is 0.127 e. The molecule has 4 aromatic carbocycles. The van der Waals surface area contributed by atoms with Crippen LogP contribution in [0.4, 0.5) is 0 Å². The van der Waals surface area contributed by atoms with Crippen LogP contribution < -0.4 is 4.74 Å². The molecule has 4 nitrogen and oxygen atoms in total. The highest BCUT2D eigenvalue weighted by Crippen LogP contribution is 2.26. The van der Waals surface area contributed by atoms with Crippen LogP contribution >= 0.6 is 0 Å². The second-order valence-electron chi connectivity index (χ2n) is 8.28. The summed E-state index contributed by atoms with van der Waals surface area (Å²) in [6, 6.07) is 34.6. The summed E-state index contributed by atoms with van der Waals surface area (Å²) in [5.41, 5.74) is 2.27. The molecule has 0 aromatic heterocycles. The number of aliphatic hydroxyl groups is 1. The fourth-order valence-electron chi connectivity index (χ4n) is 3.98. The van der Waals surface area contributed by atoms with Crippen molar-refractivity contribution < 1.29 is 14.6 Å². The minimum absolute atomic E-state index is 0.111. The first-order valence-electron chi connectivity index (χ1n) is 11.4. The van der Waals surface area contributed by atoms with E-state index in [1.165, 1.54) is 0 Å². The molecule has 0 aliphatic rings. The van der Waals surface area contributed by atoms with E-state index >= 15 is 0 Å². The Morgan fingerprint density at radius 3 is 2.06 bits per heavy atom. The minimum Gasteiger partial charge on any atom is -0.490 e. The van der Waals surface area contributed by atoms with Crippen molar-refractivity contribution in [1.29, 1.82) is 0 Å². The first-order chi connectivity index (χ1) is 16.2. The van der Waals surface area contributed by atoms with Gasteiger partial charge in [-0.2, -0.15) is 0 Å². The van der Waals surface area contributed by atoms with Gasteiger partial charge in [0.25, 0.3) is 0 Å². The third-order valence-electron chi connectivity index (χ3n) is 5.67. The van der Waals surface area contributed by atoms with Gasteiger partial charge in [0.15, 0.2) is 0 Å². The van der Waals surface area contributed by atoms with Crippen molar-refractivity contribution in [1.82, 2.24) is 4.90 Å². The maximum absolute atomic E-state index is 10.5. The van der Waals surface area contributed by atoms with Crippen LogP contribution in [0.3, 0.4) is 0 Å². The molecular formula is C29H31NO3. The SMILES string of the molecule is CN(CCOC(c1ccccc1)c1ccccc1)CC(O)COc1cccc2ccccc12. The molecule has 0 radical (unpaired) electrons. The first-order valence-corrected chi connectivity index (χ1v) is 11.4. The molecule has 1 atom stereocenters. The number of rotatable bonds is 11. The van der Waals surface area contributed by atoms with Crippen molar-refractivity contribution in [3.05, 3.63) is 114 Å². The summed E-state index contributed by atoms with van der Waals surface area (Å²) in [5, 5.41) is 12.7. The lowest BCUT2D eigenvalue weighted by Crippen LogP contribution is -2.35. The van der Waals surface area contributed by atoms with Crippen LogP contribution in [-0.4, -0.2) is 49.5 Å². The van der Waals surface area contributed by atoms with Crippen molar-refractivity contribution in [2.24, 2.45) is 0 Å². The molecule has 0 fully saturated rings. The van der Waals surface area contributed by atoms with Crippen LogP contribution in [0.25, 0.3) is 10.8 Å². The monoisotopic (exact) mass is 441 g/mol. The van der Waals surface area contributed by atoms with Crippen molar-refractivity contribution >= 4 is 10.8 Å². The molecule has 0 saturated heterocycles. The van der Waals surface area contributed by atoms with Crippen molar-refractivity contribution in [3.63, 3.8) is 0 Å². The lowest BCUT2D eigenvalue weighted by atomic mass is 10.0. The number of fused-ring (bicyclic) bond motifs is 1. The van der Waals surface area contributed by atoms with E-state index in [0.717, 1.165) is 27.6 Å². The second kappa shape index (κ2) is 11.6. The molecule has 4 rings (SSSR count). The van der Waals surface area contributed by atoms with E-state index < -0.39 is 6.10 Å².